The van der Waals surface area contributed by atoms with Crippen LogP contribution in [0.25, 0.3) is 0 Å². The molecular formula is C12H13N3O4. The van der Waals surface area contributed by atoms with Gasteiger partial charge in [-0.3, -0.25) is 0 Å². The minimum Gasteiger partial charge on any atom is -0.497 e. The number of nitrogens with one attached hydrogen (secondary N) is 1. The summed E-state index contributed by atoms with van der Waals surface area (Å²) in [6, 6.07) is 6.93. The Bertz CT molecular complexity index is 568. The maximum atomic E-state index is 11.6. The third-order valence-electron chi connectivity index (χ3n) is 2.25. The third kappa shape index (κ3) is 3.01. The lowest BCUT2D eigenvalue weighted by Gasteiger charge is -2.05. The summed E-state index contributed by atoms with van der Waals surface area (Å²) in [5.74, 6) is 0.620. The summed E-state index contributed by atoms with van der Waals surface area (Å²) in [5.41, 5.74) is 0.0738. The van der Waals surface area contributed by atoms with Gasteiger partial charge >= 0.3 is 5.97 Å². The molecule has 1 aromatic carbocycles. The van der Waals surface area contributed by atoms with Gasteiger partial charge in [-0.15, -0.1) is 0 Å². The molecule has 0 aliphatic carbocycles. The molecule has 7 heteroatoms. The zero-order valence-corrected chi connectivity index (χ0v) is 10.5. The van der Waals surface area contributed by atoms with E-state index in [0.717, 1.165) is 0 Å². The summed E-state index contributed by atoms with van der Waals surface area (Å²) in [7, 11) is 1.55. The van der Waals surface area contributed by atoms with Crippen molar-refractivity contribution in [2.75, 3.05) is 13.7 Å². The Morgan fingerprint density at radius 2 is 2.16 bits per heavy atom. The van der Waals surface area contributed by atoms with Crippen LogP contribution in [-0.2, 0) is 4.74 Å². The zero-order chi connectivity index (χ0) is 13.7. The van der Waals surface area contributed by atoms with Crippen LogP contribution >= 0.6 is 0 Å². The Hall–Kier alpha value is -2.57. The largest absolute Gasteiger partial charge is 0.497 e. The van der Waals surface area contributed by atoms with Crippen molar-refractivity contribution in [1.82, 2.24) is 15.4 Å². The Balaban J connectivity index is 2.19. The molecule has 1 heterocycles. The lowest BCUT2D eigenvalue weighted by molar-refractivity contribution is 0.0516. The second-order valence-electron chi connectivity index (χ2n) is 3.49. The van der Waals surface area contributed by atoms with Crippen LogP contribution in [0.3, 0.4) is 0 Å². The van der Waals surface area contributed by atoms with E-state index in [1.165, 1.54) is 0 Å². The molecule has 0 saturated carbocycles. The van der Waals surface area contributed by atoms with Crippen molar-refractivity contribution < 1.29 is 19.0 Å². The van der Waals surface area contributed by atoms with E-state index in [4.69, 9.17) is 14.2 Å². The monoisotopic (exact) mass is 263 g/mol. The Kier molecular flexibility index (Phi) is 3.97. The summed E-state index contributed by atoms with van der Waals surface area (Å²) in [6.07, 6.45) is 0. The predicted molar refractivity (Wildman–Crippen MR) is 65.4 cm³/mol. The average molecular weight is 263 g/mol. The van der Waals surface area contributed by atoms with Gasteiger partial charge in [0.2, 0.25) is 5.69 Å². The number of hydrogen-bond acceptors (Lipinski definition) is 6. The Morgan fingerprint density at radius 1 is 1.37 bits per heavy atom. The number of hydrogen-bond donors (Lipinski definition) is 1. The van der Waals surface area contributed by atoms with E-state index < -0.39 is 5.97 Å². The van der Waals surface area contributed by atoms with E-state index in [-0.39, 0.29) is 18.2 Å². The van der Waals surface area contributed by atoms with Crippen LogP contribution in [0.4, 0.5) is 0 Å². The van der Waals surface area contributed by atoms with E-state index in [1.54, 1.807) is 38.3 Å². The van der Waals surface area contributed by atoms with Crippen molar-refractivity contribution in [2.45, 2.75) is 6.92 Å². The quantitative estimate of drug-likeness (QED) is 0.827. The highest BCUT2D eigenvalue weighted by atomic mass is 16.5. The SMILES string of the molecule is CCOC(=O)c1[nH]nnc1Oc1cccc(OC)c1. The zero-order valence-electron chi connectivity index (χ0n) is 10.5. The molecule has 19 heavy (non-hydrogen) atoms. The van der Waals surface area contributed by atoms with Gasteiger partial charge in [0.05, 0.1) is 13.7 Å². The summed E-state index contributed by atoms with van der Waals surface area (Å²) >= 11 is 0. The van der Waals surface area contributed by atoms with Crippen LogP contribution in [0, 0.1) is 0 Å². The van der Waals surface area contributed by atoms with Gasteiger partial charge in [-0.05, 0) is 19.1 Å². The van der Waals surface area contributed by atoms with E-state index in [2.05, 4.69) is 15.4 Å². The first-order valence-electron chi connectivity index (χ1n) is 5.64. The molecule has 0 bridgehead atoms. The molecule has 0 unspecified atom stereocenters. The first-order valence-corrected chi connectivity index (χ1v) is 5.64. The molecular weight excluding hydrogens is 250 g/mol. The molecule has 0 aliphatic heterocycles. The number of esters is 1. The van der Waals surface area contributed by atoms with Gasteiger partial charge in [-0.25, -0.2) is 9.89 Å². The number of methoxy groups -OCH3 is 1. The van der Waals surface area contributed by atoms with Crippen LogP contribution < -0.4 is 9.47 Å². The molecule has 0 fully saturated rings. The van der Waals surface area contributed by atoms with Gasteiger partial charge in [-0.1, -0.05) is 16.4 Å². The second kappa shape index (κ2) is 5.85. The number of carbonyl (C=O) groups is 1. The normalized spacial score (nSPS) is 10.0. The molecule has 0 saturated heterocycles. The predicted octanol–water partition coefficient (Wildman–Crippen LogP) is 1.78. The van der Waals surface area contributed by atoms with Gasteiger partial charge in [0.25, 0.3) is 5.88 Å². The molecule has 1 N–H and O–H groups in total. The van der Waals surface area contributed by atoms with Crippen molar-refractivity contribution in [3.8, 4) is 17.4 Å². The van der Waals surface area contributed by atoms with Crippen molar-refractivity contribution in [3.63, 3.8) is 0 Å². The highest BCUT2D eigenvalue weighted by Gasteiger charge is 2.18. The smallest absolute Gasteiger partial charge is 0.362 e. The van der Waals surface area contributed by atoms with E-state index in [1.807, 2.05) is 0 Å². The van der Waals surface area contributed by atoms with Crippen molar-refractivity contribution in [1.29, 1.82) is 0 Å². The minimum absolute atomic E-state index is 0.0618. The molecule has 0 atom stereocenters. The second-order valence-corrected chi connectivity index (χ2v) is 3.49. The number of nitrogens with zero attached hydrogens (tertiary/aromatic N) is 2. The van der Waals surface area contributed by atoms with Crippen LogP contribution in [0.5, 0.6) is 17.4 Å². The summed E-state index contributed by atoms with van der Waals surface area (Å²) in [5, 5.41) is 9.68. The Labute approximate surface area is 109 Å². The molecule has 100 valence electrons. The van der Waals surface area contributed by atoms with Crippen LogP contribution in [0.1, 0.15) is 17.4 Å². The molecule has 0 amide bonds. The number of H-pyrrole nitrogens is 1. The number of aromatic amines is 1. The topological polar surface area (TPSA) is 86.3 Å². The lowest BCUT2D eigenvalue weighted by atomic mass is 10.3. The molecule has 0 aliphatic rings. The van der Waals surface area contributed by atoms with Crippen LogP contribution in [0.2, 0.25) is 0 Å². The summed E-state index contributed by atoms with van der Waals surface area (Å²) < 4.78 is 15.4. The maximum Gasteiger partial charge on any atom is 0.362 e. The molecule has 0 radical (unpaired) electrons. The first kappa shape index (κ1) is 12.9. The maximum absolute atomic E-state index is 11.6. The summed E-state index contributed by atoms with van der Waals surface area (Å²) in [4.78, 5) is 11.6. The fraction of sp³-hybridized carbons (Fsp3) is 0.250. The third-order valence-corrected chi connectivity index (χ3v) is 2.25. The summed E-state index contributed by atoms with van der Waals surface area (Å²) in [6.45, 7) is 1.97. The molecule has 2 aromatic rings. The van der Waals surface area contributed by atoms with Gasteiger partial charge in [-0.2, -0.15) is 0 Å². The number of ether oxygens (including phenoxy) is 3. The minimum atomic E-state index is -0.564. The van der Waals surface area contributed by atoms with Crippen LogP contribution in [0.15, 0.2) is 24.3 Å². The van der Waals surface area contributed by atoms with E-state index in [0.29, 0.717) is 11.5 Å². The highest BCUT2D eigenvalue weighted by molar-refractivity contribution is 5.89. The standard InChI is InChI=1S/C12H13N3O4/c1-3-18-12(16)10-11(14-15-13-10)19-9-6-4-5-8(7-9)17-2/h4-7H,3H2,1-2H3,(H,13,14,15). The van der Waals surface area contributed by atoms with E-state index in [9.17, 15) is 4.79 Å². The van der Waals surface area contributed by atoms with Crippen LogP contribution in [-0.4, -0.2) is 35.1 Å². The fourth-order valence-corrected chi connectivity index (χ4v) is 1.40. The number of benzene rings is 1. The fourth-order valence-electron chi connectivity index (χ4n) is 1.40. The first-order chi connectivity index (χ1) is 9.24. The van der Waals surface area contributed by atoms with E-state index >= 15 is 0 Å². The molecule has 0 spiro atoms. The molecule has 1 aromatic heterocycles. The highest BCUT2D eigenvalue weighted by Crippen LogP contribution is 2.25. The number of rotatable bonds is 5. The molecule has 2 rings (SSSR count). The lowest BCUT2D eigenvalue weighted by Crippen LogP contribution is -2.06. The Morgan fingerprint density at radius 3 is 2.89 bits per heavy atom. The van der Waals surface area contributed by atoms with Crippen molar-refractivity contribution in [3.05, 3.63) is 30.0 Å². The number of aromatic nitrogens is 3. The van der Waals surface area contributed by atoms with Gasteiger partial charge in [0.1, 0.15) is 11.5 Å². The van der Waals surface area contributed by atoms with Gasteiger partial charge in [0, 0.05) is 6.07 Å². The number of carbonyl (C=O) groups excluding carboxylic acids is 1. The van der Waals surface area contributed by atoms with Crippen molar-refractivity contribution in [2.24, 2.45) is 0 Å². The van der Waals surface area contributed by atoms with Crippen molar-refractivity contribution >= 4 is 5.97 Å². The molecule has 7 nitrogen and oxygen atoms in total. The van der Waals surface area contributed by atoms with Gasteiger partial charge < -0.3 is 14.2 Å². The van der Waals surface area contributed by atoms with Gasteiger partial charge in [0.15, 0.2) is 0 Å². The average Bonchev–Trinajstić information content (AvgIpc) is 2.87.